The van der Waals surface area contributed by atoms with E-state index in [1.807, 2.05) is 20.8 Å². The van der Waals surface area contributed by atoms with Crippen LogP contribution < -0.4 is 0 Å². The van der Waals surface area contributed by atoms with E-state index >= 15 is 0 Å². The number of benzene rings is 1. The molecular formula is C14H13Cl2NS. The van der Waals surface area contributed by atoms with Crippen LogP contribution in [0, 0.1) is 17.3 Å². The van der Waals surface area contributed by atoms with Crippen molar-refractivity contribution in [1.82, 2.24) is 0 Å². The van der Waals surface area contributed by atoms with Gasteiger partial charge in [0.25, 0.3) is 0 Å². The van der Waals surface area contributed by atoms with Gasteiger partial charge >= 0.3 is 0 Å². The summed E-state index contributed by atoms with van der Waals surface area (Å²) in [6.45, 7) is 6.08. The molecule has 0 N–H and O–H groups in total. The highest BCUT2D eigenvalue weighted by Crippen LogP contribution is 2.30. The monoisotopic (exact) mass is 297 g/mol. The largest absolute Gasteiger partial charge is 0.256 e. The average Bonchev–Trinajstić information content (AvgIpc) is 2.23. The van der Waals surface area contributed by atoms with E-state index in [0.29, 0.717) is 21.3 Å². The molecule has 0 bridgehead atoms. The molecule has 0 aliphatic heterocycles. The molecule has 1 aromatic rings. The molecule has 0 fully saturated rings. The summed E-state index contributed by atoms with van der Waals surface area (Å²) >= 11 is 17.0. The van der Waals surface area contributed by atoms with Crippen LogP contribution in [0.3, 0.4) is 0 Å². The van der Waals surface area contributed by atoms with Crippen LogP contribution in [0.2, 0.25) is 10.0 Å². The highest BCUT2D eigenvalue weighted by molar-refractivity contribution is 7.80. The Bertz CT molecular complexity index is 522. The molecule has 4 heteroatoms. The molecule has 0 saturated heterocycles. The van der Waals surface area contributed by atoms with Crippen molar-refractivity contribution in [2.24, 2.45) is 10.4 Å². The molecule has 0 radical (unpaired) electrons. The quantitative estimate of drug-likeness (QED) is 0.421. The highest BCUT2D eigenvalue weighted by atomic mass is 35.5. The fourth-order valence-corrected chi connectivity index (χ4v) is 1.75. The number of hydrogen-bond acceptors (Lipinski definition) is 2. The maximum atomic E-state index is 6.15. The van der Waals surface area contributed by atoms with Gasteiger partial charge in [-0.2, -0.15) is 0 Å². The van der Waals surface area contributed by atoms with Crippen molar-refractivity contribution in [2.75, 3.05) is 0 Å². The Morgan fingerprint density at radius 2 is 1.78 bits per heavy atom. The number of rotatable bonds is 2. The lowest BCUT2D eigenvalue weighted by atomic mass is 9.97. The summed E-state index contributed by atoms with van der Waals surface area (Å²) in [5, 5.41) is 2.42. The minimum Gasteiger partial charge on any atom is -0.256 e. The van der Waals surface area contributed by atoms with Gasteiger partial charge in [0.1, 0.15) is 0 Å². The van der Waals surface area contributed by atoms with E-state index in [-0.39, 0.29) is 5.41 Å². The first-order valence-electron chi connectivity index (χ1n) is 5.33. The van der Waals surface area contributed by atoms with Gasteiger partial charge in [0.2, 0.25) is 0 Å². The predicted octanol–water partition coefficient (Wildman–Crippen LogP) is 5.09. The zero-order valence-corrected chi connectivity index (χ0v) is 12.7. The lowest BCUT2D eigenvalue weighted by Crippen LogP contribution is -1.99. The van der Waals surface area contributed by atoms with Gasteiger partial charge in [0.15, 0.2) is 0 Å². The summed E-state index contributed by atoms with van der Waals surface area (Å²) < 4.78 is 0. The van der Waals surface area contributed by atoms with E-state index in [1.54, 1.807) is 12.1 Å². The second kappa shape index (κ2) is 6.33. The van der Waals surface area contributed by atoms with Crippen LogP contribution >= 0.6 is 35.4 Å². The van der Waals surface area contributed by atoms with E-state index in [2.05, 4.69) is 29.1 Å². The second-order valence-electron chi connectivity index (χ2n) is 4.70. The summed E-state index contributed by atoms with van der Waals surface area (Å²) in [5.41, 5.74) is 1.20. The molecule has 0 aliphatic carbocycles. The first-order valence-corrected chi connectivity index (χ1v) is 6.56. The number of thiocarbonyl (C=S) groups is 1. The zero-order valence-electron chi connectivity index (χ0n) is 10.4. The smallest absolute Gasteiger partial charge is 0.0660 e. The van der Waals surface area contributed by atoms with Gasteiger partial charge in [-0.1, -0.05) is 47.3 Å². The maximum Gasteiger partial charge on any atom is 0.0660 e. The summed E-state index contributed by atoms with van der Waals surface area (Å²) in [7, 11) is 0. The van der Waals surface area contributed by atoms with E-state index in [4.69, 9.17) is 23.2 Å². The van der Waals surface area contributed by atoms with Gasteiger partial charge in [0, 0.05) is 17.0 Å². The molecule has 0 spiro atoms. The van der Waals surface area contributed by atoms with Crippen molar-refractivity contribution < 1.29 is 0 Å². The van der Waals surface area contributed by atoms with Crippen LogP contribution in [0.15, 0.2) is 17.1 Å². The fraction of sp³-hybridized carbons (Fsp3) is 0.286. The van der Waals surface area contributed by atoms with Gasteiger partial charge < -0.3 is 0 Å². The van der Waals surface area contributed by atoms with Crippen LogP contribution in [0.5, 0.6) is 0 Å². The summed E-state index contributed by atoms with van der Waals surface area (Å²) in [6, 6.07) is 3.44. The van der Waals surface area contributed by atoms with Crippen molar-refractivity contribution in [1.29, 1.82) is 0 Å². The van der Waals surface area contributed by atoms with Gasteiger partial charge in [0.05, 0.1) is 21.3 Å². The highest BCUT2D eigenvalue weighted by Gasteiger charge is 2.08. The Morgan fingerprint density at radius 3 is 2.22 bits per heavy atom. The fourth-order valence-electron chi connectivity index (χ4n) is 1.12. The van der Waals surface area contributed by atoms with E-state index < -0.39 is 0 Å². The minimum absolute atomic E-state index is 0.0965. The maximum absolute atomic E-state index is 6.15. The van der Waals surface area contributed by atoms with Crippen LogP contribution in [0.1, 0.15) is 26.3 Å². The molecule has 0 aromatic heterocycles. The summed E-state index contributed by atoms with van der Waals surface area (Å²) in [4.78, 5) is 4.09. The zero-order chi connectivity index (χ0) is 13.8. The SMILES string of the molecule is CC(C)(C)C#Cc1c(Cl)cc(N=CC=S)cc1Cl. The predicted molar refractivity (Wildman–Crippen MR) is 84.6 cm³/mol. The first kappa shape index (κ1) is 15.2. The number of nitrogens with zero attached hydrogens (tertiary/aromatic N) is 1. The average molecular weight is 298 g/mol. The molecule has 0 heterocycles. The molecule has 0 aliphatic rings. The van der Waals surface area contributed by atoms with Crippen molar-refractivity contribution in [3.63, 3.8) is 0 Å². The topological polar surface area (TPSA) is 12.4 Å². The first-order chi connectivity index (χ1) is 8.33. The second-order valence-corrected chi connectivity index (χ2v) is 5.79. The van der Waals surface area contributed by atoms with Crippen LogP contribution in [-0.2, 0) is 0 Å². The normalized spacial score (nSPS) is 11.2. The lowest BCUT2D eigenvalue weighted by Gasteiger charge is -2.08. The van der Waals surface area contributed by atoms with Crippen LogP contribution in [-0.4, -0.2) is 11.6 Å². The molecule has 0 atom stereocenters. The molecular weight excluding hydrogens is 285 g/mol. The van der Waals surface area contributed by atoms with Crippen molar-refractivity contribution in [3.05, 3.63) is 27.7 Å². The van der Waals surface area contributed by atoms with Gasteiger partial charge in [-0.15, -0.1) is 0 Å². The van der Waals surface area contributed by atoms with Gasteiger partial charge in [-0.05, 0) is 32.9 Å². The molecule has 1 aromatic carbocycles. The number of hydrogen-bond donors (Lipinski definition) is 0. The molecule has 0 unspecified atom stereocenters. The number of halogens is 2. The third kappa shape index (κ3) is 4.78. The van der Waals surface area contributed by atoms with Gasteiger partial charge in [-0.3, -0.25) is 4.99 Å². The Morgan fingerprint density at radius 1 is 1.22 bits per heavy atom. The molecule has 1 nitrogen and oxygen atoms in total. The standard InChI is InChI=1S/C14H13Cl2NS/c1-14(2,3)5-4-11-12(15)8-10(9-13(11)16)17-6-7-18/h6-9H,1-3H3. The lowest BCUT2D eigenvalue weighted by molar-refractivity contribution is 0.571. The van der Waals surface area contributed by atoms with Crippen molar-refractivity contribution in [3.8, 4) is 11.8 Å². The minimum atomic E-state index is -0.0965. The summed E-state index contributed by atoms with van der Waals surface area (Å²) in [6.07, 6.45) is 1.51. The van der Waals surface area contributed by atoms with Gasteiger partial charge in [-0.25, -0.2) is 0 Å². The Hall–Kier alpha value is -0.880. The molecule has 94 valence electrons. The molecule has 0 saturated carbocycles. The molecule has 18 heavy (non-hydrogen) atoms. The molecule has 1 rings (SSSR count). The van der Waals surface area contributed by atoms with E-state index in [9.17, 15) is 0 Å². The van der Waals surface area contributed by atoms with Crippen molar-refractivity contribution >= 4 is 52.7 Å². The third-order valence-electron chi connectivity index (χ3n) is 1.87. The van der Waals surface area contributed by atoms with Crippen LogP contribution in [0.25, 0.3) is 0 Å². The third-order valence-corrected chi connectivity index (χ3v) is 2.59. The summed E-state index contributed by atoms with van der Waals surface area (Å²) in [5.74, 6) is 6.11. The Labute approximate surface area is 123 Å². The van der Waals surface area contributed by atoms with Crippen molar-refractivity contribution in [2.45, 2.75) is 20.8 Å². The Balaban J connectivity index is 3.19. The molecule has 0 amide bonds. The van der Waals surface area contributed by atoms with E-state index in [0.717, 1.165) is 0 Å². The number of aliphatic imine (C=N–C) groups is 1. The van der Waals surface area contributed by atoms with Crippen LogP contribution in [0.4, 0.5) is 5.69 Å². The van der Waals surface area contributed by atoms with E-state index in [1.165, 1.54) is 11.6 Å². The Kier molecular flexibility index (Phi) is 5.34.